The monoisotopic (exact) mass is 371 g/mol. The Balaban J connectivity index is 2.61. The van der Waals surface area contributed by atoms with Crippen molar-refractivity contribution in [2.75, 3.05) is 13.7 Å². The highest BCUT2D eigenvalue weighted by atomic mass is 35.5. The average Bonchev–Trinajstić information content (AvgIpc) is 2.58. The molecule has 0 unspecified atom stereocenters. The van der Waals surface area contributed by atoms with E-state index in [1.807, 2.05) is 0 Å². The van der Waals surface area contributed by atoms with E-state index in [4.69, 9.17) is 26.2 Å². The largest absolute Gasteiger partial charge is 0.493 e. The van der Waals surface area contributed by atoms with Crippen LogP contribution in [0.25, 0.3) is 0 Å². The molecular weight excluding hydrogens is 346 g/mol. The van der Waals surface area contributed by atoms with E-state index >= 15 is 0 Å². The van der Waals surface area contributed by atoms with Gasteiger partial charge < -0.3 is 19.9 Å². The van der Waals surface area contributed by atoms with Gasteiger partial charge in [-0.1, -0.05) is 37.8 Å². The molecule has 140 valence electrons. The van der Waals surface area contributed by atoms with Crippen molar-refractivity contribution in [3.8, 4) is 11.5 Å². The van der Waals surface area contributed by atoms with Gasteiger partial charge in [0.2, 0.25) is 5.91 Å². The van der Waals surface area contributed by atoms with Crippen LogP contribution in [0.15, 0.2) is 12.1 Å². The lowest BCUT2D eigenvalue weighted by atomic mass is 10.2. The molecule has 0 aliphatic heterocycles. The van der Waals surface area contributed by atoms with E-state index in [1.165, 1.54) is 13.5 Å². The minimum absolute atomic E-state index is 0.0564. The maximum Gasteiger partial charge on any atom is 0.303 e. The summed E-state index contributed by atoms with van der Waals surface area (Å²) in [7, 11) is 1.53. The molecule has 0 aliphatic rings. The molecular formula is C18H26ClNO5. The van der Waals surface area contributed by atoms with Crippen molar-refractivity contribution < 1.29 is 24.2 Å². The van der Waals surface area contributed by atoms with Gasteiger partial charge in [0.1, 0.15) is 0 Å². The molecule has 0 radical (unpaired) electrons. The highest BCUT2D eigenvalue weighted by Crippen LogP contribution is 2.36. The number of carbonyl (C=O) groups excluding carboxylic acids is 1. The van der Waals surface area contributed by atoms with Gasteiger partial charge in [-0.3, -0.25) is 9.59 Å². The van der Waals surface area contributed by atoms with Crippen LogP contribution < -0.4 is 14.8 Å². The molecule has 0 spiro atoms. The molecule has 0 bridgehead atoms. The number of benzene rings is 1. The summed E-state index contributed by atoms with van der Waals surface area (Å²) < 4.78 is 11.1. The lowest BCUT2D eigenvalue weighted by molar-refractivity contribution is -0.138. The molecule has 1 aromatic rings. The molecule has 6 nitrogen and oxygen atoms in total. The van der Waals surface area contributed by atoms with Crippen LogP contribution in [-0.2, 0) is 16.1 Å². The number of carboxylic acid groups (broad SMARTS) is 1. The zero-order valence-electron chi connectivity index (χ0n) is 14.8. The highest BCUT2D eigenvalue weighted by Gasteiger charge is 2.13. The second kappa shape index (κ2) is 11.6. The van der Waals surface area contributed by atoms with E-state index in [1.54, 1.807) is 12.1 Å². The first-order valence-corrected chi connectivity index (χ1v) is 8.83. The third-order valence-electron chi connectivity index (χ3n) is 3.59. The molecule has 0 heterocycles. The molecule has 0 fully saturated rings. The van der Waals surface area contributed by atoms with Crippen LogP contribution in [0.2, 0.25) is 5.02 Å². The van der Waals surface area contributed by atoms with Gasteiger partial charge in [-0.15, -0.1) is 0 Å². The Kier molecular flexibility index (Phi) is 9.77. The van der Waals surface area contributed by atoms with E-state index in [9.17, 15) is 9.59 Å². The van der Waals surface area contributed by atoms with Crippen LogP contribution >= 0.6 is 11.6 Å². The second-order valence-corrected chi connectivity index (χ2v) is 6.10. The number of amides is 1. The first-order valence-electron chi connectivity index (χ1n) is 8.45. The Hall–Kier alpha value is -1.95. The van der Waals surface area contributed by atoms with Crippen LogP contribution in [0.3, 0.4) is 0 Å². The molecule has 1 aromatic carbocycles. The number of carbonyl (C=O) groups is 2. The van der Waals surface area contributed by atoms with E-state index in [2.05, 4.69) is 12.2 Å². The van der Waals surface area contributed by atoms with Crippen molar-refractivity contribution >= 4 is 23.5 Å². The summed E-state index contributed by atoms with van der Waals surface area (Å²) in [5.74, 6) is -0.312. The van der Waals surface area contributed by atoms with Crippen molar-refractivity contribution in [1.82, 2.24) is 5.32 Å². The summed E-state index contributed by atoms with van der Waals surface area (Å²) in [6.07, 6.45) is 4.15. The van der Waals surface area contributed by atoms with Crippen molar-refractivity contribution in [1.29, 1.82) is 0 Å². The van der Waals surface area contributed by atoms with Crippen LogP contribution in [-0.4, -0.2) is 30.7 Å². The Labute approximate surface area is 153 Å². The quantitative estimate of drug-likeness (QED) is 0.546. The Bertz CT molecular complexity index is 577. The maximum atomic E-state index is 11.6. The standard InChI is InChI=1S/C18H26ClNO5/c1-3-4-5-6-9-25-18-14(19)10-13(11-15(18)24-2)12-20-16(21)7-8-17(22)23/h10-11H,3-9,12H2,1-2H3,(H,20,21)(H,22,23). The summed E-state index contributed by atoms with van der Waals surface area (Å²) in [6.45, 7) is 2.96. The molecule has 2 N–H and O–H groups in total. The van der Waals surface area contributed by atoms with Crippen LogP contribution in [0.5, 0.6) is 11.5 Å². The smallest absolute Gasteiger partial charge is 0.303 e. The van der Waals surface area contributed by atoms with Gasteiger partial charge in [0.05, 0.1) is 25.2 Å². The zero-order chi connectivity index (χ0) is 18.7. The topological polar surface area (TPSA) is 84.9 Å². The van der Waals surface area contributed by atoms with Gasteiger partial charge >= 0.3 is 5.97 Å². The summed E-state index contributed by atoms with van der Waals surface area (Å²) in [5.41, 5.74) is 0.754. The molecule has 1 amide bonds. The normalized spacial score (nSPS) is 10.4. The average molecular weight is 372 g/mol. The zero-order valence-corrected chi connectivity index (χ0v) is 15.5. The van der Waals surface area contributed by atoms with Crippen LogP contribution in [0.1, 0.15) is 51.0 Å². The number of hydrogen-bond acceptors (Lipinski definition) is 4. The summed E-state index contributed by atoms with van der Waals surface area (Å²) in [5, 5.41) is 11.7. The number of methoxy groups -OCH3 is 1. The van der Waals surface area contributed by atoms with Crippen LogP contribution in [0.4, 0.5) is 0 Å². The molecule has 25 heavy (non-hydrogen) atoms. The van der Waals surface area contributed by atoms with Crippen molar-refractivity contribution in [3.05, 3.63) is 22.7 Å². The van der Waals surface area contributed by atoms with Crippen LogP contribution in [0, 0.1) is 0 Å². The molecule has 0 aliphatic carbocycles. The number of carboxylic acids is 1. The van der Waals surface area contributed by atoms with Gasteiger partial charge in [0.25, 0.3) is 0 Å². The highest BCUT2D eigenvalue weighted by molar-refractivity contribution is 6.32. The molecule has 1 rings (SSSR count). The van der Waals surface area contributed by atoms with Gasteiger partial charge in [0, 0.05) is 13.0 Å². The second-order valence-electron chi connectivity index (χ2n) is 5.69. The lowest BCUT2D eigenvalue weighted by Crippen LogP contribution is -2.23. The van der Waals surface area contributed by atoms with Crippen molar-refractivity contribution in [2.45, 2.75) is 52.0 Å². The summed E-state index contributed by atoms with van der Waals surface area (Å²) in [4.78, 5) is 22.1. The number of unbranched alkanes of at least 4 members (excludes halogenated alkanes) is 3. The number of ether oxygens (including phenoxy) is 2. The van der Waals surface area contributed by atoms with E-state index in [-0.39, 0.29) is 25.3 Å². The van der Waals surface area contributed by atoms with Gasteiger partial charge in [-0.2, -0.15) is 0 Å². The summed E-state index contributed by atoms with van der Waals surface area (Å²) in [6, 6.07) is 3.47. The van der Waals surface area contributed by atoms with E-state index in [0.717, 1.165) is 24.8 Å². The molecule has 0 aromatic heterocycles. The SMILES string of the molecule is CCCCCCOc1c(Cl)cc(CNC(=O)CCC(=O)O)cc1OC. The third-order valence-corrected chi connectivity index (χ3v) is 3.87. The summed E-state index contributed by atoms with van der Waals surface area (Å²) >= 11 is 6.28. The predicted octanol–water partition coefficient (Wildman–Crippen LogP) is 3.79. The van der Waals surface area contributed by atoms with E-state index in [0.29, 0.717) is 23.1 Å². The lowest BCUT2D eigenvalue weighted by Gasteiger charge is -2.14. The minimum atomic E-state index is -1.000. The first kappa shape index (κ1) is 21.1. The number of nitrogens with one attached hydrogen (secondary N) is 1. The van der Waals surface area contributed by atoms with Crippen molar-refractivity contribution in [3.63, 3.8) is 0 Å². The maximum absolute atomic E-state index is 11.6. The molecule has 0 saturated heterocycles. The predicted molar refractivity (Wildman–Crippen MR) is 96.4 cm³/mol. The van der Waals surface area contributed by atoms with Gasteiger partial charge in [0.15, 0.2) is 11.5 Å². The molecule has 7 heteroatoms. The fourth-order valence-electron chi connectivity index (χ4n) is 2.23. The fraction of sp³-hybridized carbons (Fsp3) is 0.556. The fourth-order valence-corrected chi connectivity index (χ4v) is 2.52. The third kappa shape index (κ3) is 8.12. The Morgan fingerprint density at radius 3 is 2.60 bits per heavy atom. The number of aliphatic carboxylic acids is 1. The minimum Gasteiger partial charge on any atom is -0.493 e. The van der Waals surface area contributed by atoms with Gasteiger partial charge in [-0.05, 0) is 24.1 Å². The molecule has 0 atom stereocenters. The number of hydrogen-bond donors (Lipinski definition) is 2. The molecule has 0 saturated carbocycles. The Morgan fingerprint density at radius 1 is 1.20 bits per heavy atom. The first-order chi connectivity index (χ1) is 12.0. The Morgan fingerprint density at radius 2 is 1.96 bits per heavy atom. The van der Waals surface area contributed by atoms with Gasteiger partial charge in [-0.25, -0.2) is 0 Å². The number of rotatable bonds is 12. The van der Waals surface area contributed by atoms with Crippen molar-refractivity contribution in [2.24, 2.45) is 0 Å². The number of halogens is 1. The van der Waals surface area contributed by atoms with E-state index < -0.39 is 5.97 Å².